The van der Waals surface area contributed by atoms with Gasteiger partial charge in [-0.15, -0.1) is 0 Å². The molecular formula is C15H27N5. The van der Waals surface area contributed by atoms with Crippen molar-refractivity contribution in [1.82, 2.24) is 14.9 Å². The molecule has 1 aliphatic carbocycles. The zero-order chi connectivity index (χ0) is 14.4. The lowest BCUT2D eigenvalue weighted by atomic mass is 9.95. The molecule has 0 atom stereocenters. The summed E-state index contributed by atoms with van der Waals surface area (Å²) in [4.78, 5) is 13.5. The van der Waals surface area contributed by atoms with Crippen molar-refractivity contribution in [3.05, 3.63) is 12.3 Å². The van der Waals surface area contributed by atoms with Gasteiger partial charge in [0.15, 0.2) is 0 Å². The Labute approximate surface area is 122 Å². The Morgan fingerprint density at radius 1 is 1.20 bits per heavy atom. The van der Waals surface area contributed by atoms with Crippen LogP contribution < -0.4 is 10.2 Å². The number of nitrogens with zero attached hydrogens (tertiary/aromatic N) is 4. The molecule has 1 N–H and O–H groups in total. The van der Waals surface area contributed by atoms with E-state index in [2.05, 4.69) is 46.2 Å². The maximum atomic E-state index is 4.63. The molecule has 0 radical (unpaired) electrons. The maximum absolute atomic E-state index is 4.63. The molecule has 0 bridgehead atoms. The van der Waals surface area contributed by atoms with E-state index in [9.17, 15) is 0 Å². The second kappa shape index (κ2) is 7.43. The lowest BCUT2D eigenvalue weighted by Gasteiger charge is -2.31. The minimum absolute atomic E-state index is 0.598. The molecule has 2 rings (SSSR count). The fraction of sp³-hybridized carbons (Fsp3) is 0.733. The van der Waals surface area contributed by atoms with Crippen molar-refractivity contribution in [2.24, 2.45) is 0 Å². The minimum Gasteiger partial charge on any atom is -0.369 e. The van der Waals surface area contributed by atoms with Crippen LogP contribution in [0.25, 0.3) is 0 Å². The summed E-state index contributed by atoms with van der Waals surface area (Å²) >= 11 is 0. The first-order valence-corrected chi connectivity index (χ1v) is 7.61. The Morgan fingerprint density at radius 3 is 2.65 bits per heavy atom. The molecule has 5 nitrogen and oxygen atoms in total. The molecule has 1 aromatic rings. The van der Waals surface area contributed by atoms with Crippen molar-refractivity contribution in [2.75, 3.05) is 44.4 Å². The number of hydrogen-bond acceptors (Lipinski definition) is 5. The summed E-state index contributed by atoms with van der Waals surface area (Å²) in [5.74, 6) is 1.76. The lowest BCUT2D eigenvalue weighted by Crippen LogP contribution is -2.34. The van der Waals surface area contributed by atoms with E-state index in [0.29, 0.717) is 6.04 Å². The highest BCUT2D eigenvalue weighted by atomic mass is 15.3. The standard InChI is InChI=1S/C15H27N5/c1-19(2)12-11-16-14-9-10-17-15(18-14)20(3)13-7-5-4-6-8-13/h9-10,13H,4-8,11-12H2,1-3H3,(H,16,17,18). The fourth-order valence-corrected chi connectivity index (χ4v) is 2.66. The van der Waals surface area contributed by atoms with Crippen molar-refractivity contribution in [3.63, 3.8) is 0 Å². The van der Waals surface area contributed by atoms with Gasteiger partial charge < -0.3 is 15.1 Å². The maximum Gasteiger partial charge on any atom is 0.227 e. The van der Waals surface area contributed by atoms with E-state index in [1.54, 1.807) is 0 Å². The van der Waals surface area contributed by atoms with Crippen molar-refractivity contribution < 1.29 is 0 Å². The predicted molar refractivity (Wildman–Crippen MR) is 84.4 cm³/mol. The van der Waals surface area contributed by atoms with E-state index >= 15 is 0 Å². The van der Waals surface area contributed by atoms with Crippen LogP contribution in [-0.4, -0.2) is 55.1 Å². The molecule has 1 heterocycles. The van der Waals surface area contributed by atoms with Crippen molar-refractivity contribution in [1.29, 1.82) is 0 Å². The highest BCUT2D eigenvalue weighted by molar-refractivity contribution is 5.41. The Morgan fingerprint density at radius 2 is 1.95 bits per heavy atom. The SMILES string of the molecule is CN(C)CCNc1ccnc(N(C)C2CCCCC2)n1. The summed E-state index contributed by atoms with van der Waals surface area (Å²) in [7, 11) is 6.27. The Hall–Kier alpha value is -1.36. The second-order valence-electron chi connectivity index (χ2n) is 5.87. The molecule has 0 saturated heterocycles. The largest absolute Gasteiger partial charge is 0.369 e. The van der Waals surface area contributed by atoms with Gasteiger partial charge in [-0.25, -0.2) is 4.98 Å². The Kier molecular flexibility index (Phi) is 5.59. The summed E-state index contributed by atoms with van der Waals surface area (Å²) in [6, 6.07) is 2.54. The first kappa shape index (κ1) is 15.0. The minimum atomic E-state index is 0.598. The molecule has 0 spiro atoms. The van der Waals surface area contributed by atoms with E-state index in [1.807, 2.05) is 12.3 Å². The zero-order valence-corrected chi connectivity index (χ0v) is 13.0. The van der Waals surface area contributed by atoms with E-state index in [4.69, 9.17) is 0 Å². The van der Waals surface area contributed by atoms with Gasteiger partial charge in [0.05, 0.1) is 0 Å². The van der Waals surface area contributed by atoms with Crippen molar-refractivity contribution in [2.45, 2.75) is 38.1 Å². The molecular weight excluding hydrogens is 250 g/mol. The van der Waals surface area contributed by atoms with Crippen LogP contribution in [0.3, 0.4) is 0 Å². The number of rotatable bonds is 6. The van der Waals surface area contributed by atoms with Gasteiger partial charge in [-0.1, -0.05) is 19.3 Å². The first-order valence-electron chi connectivity index (χ1n) is 7.61. The van der Waals surface area contributed by atoms with Gasteiger partial charge in [-0.2, -0.15) is 4.98 Å². The summed E-state index contributed by atoms with van der Waals surface area (Å²) in [5.41, 5.74) is 0. The molecule has 1 saturated carbocycles. The lowest BCUT2D eigenvalue weighted by molar-refractivity contribution is 0.423. The van der Waals surface area contributed by atoms with Crippen molar-refractivity contribution >= 4 is 11.8 Å². The quantitative estimate of drug-likeness (QED) is 0.864. The highest BCUT2D eigenvalue weighted by Gasteiger charge is 2.20. The number of aromatic nitrogens is 2. The van der Waals surface area contributed by atoms with E-state index in [0.717, 1.165) is 24.9 Å². The molecule has 0 aromatic carbocycles. The van der Waals surface area contributed by atoms with Crippen LogP contribution in [0.5, 0.6) is 0 Å². The van der Waals surface area contributed by atoms with Crippen LogP contribution in [0.4, 0.5) is 11.8 Å². The smallest absolute Gasteiger partial charge is 0.227 e. The third kappa shape index (κ3) is 4.34. The molecule has 0 aliphatic heterocycles. The van der Waals surface area contributed by atoms with E-state index < -0.39 is 0 Å². The monoisotopic (exact) mass is 277 g/mol. The molecule has 0 unspecified atom stereocenters. The van der Waals surface area contributed by atoms with Crippen LogP contribution in [0, 0.1) is 0 Å². The molecule has 0 amide bonds. The summed E-state index contributed by atoms with van der Waals surface area (Å²) in [6.45, 7) is 1.90. The van der Waals surface area contributed by atoms with Gasteiger partial charge in [0.25, 0.3) is 0 Å². The van der Waals surface area contributed by atoms with Crippen LogP contribution in [0.15, 0.2) is 12.3 Å². The molecule has 5 heteroatoms. The van der Waals surface area contributed by atoms with Crippen LogP contribution in [0.2, 0.25) is 0 Å². The average Bonchev–Trinajstić information content (AvgIpc) is 2.47. The van der Waals surface area contributed by atoms with Gasteiger partial charge in [0.1, 0.15) is 5.82 Å². The summed E-state index contributed by atoms with van der Waals surface area (Å²) in [6.07, 6.45) is 8.40. The summed E-state index contributed by atoms with van der Waals surface area (Å²) in [5, 5.41) is 3.35. The van der Waals surface area contributed by atoms with Gasteiger partial charge >= 0.3 is 0 Å². The number of anilines is 2. The van der Waals surface area contributed by atoms with E-state index in [1.165, 1.54) is 32.1 Å². The highest BCUT2D eigenvalue weighted by Crippen LogP contribution is 2.24. The third-order valence-electron chi connectivity index (χ3n) is 3.95. The predicted octanol–water partition coefficient (Wildman–Crippen LogP) is 2.22. The molecule has 112 valence electrons. The molecule has 20 heavy (non-hydrogen) atoms. The van der Waals surface area contributed by atoms with Crippen LogP contribution >= 0.6 is 0 Å². The molecule has 1 aliphatic rings. The first-order chi connectivity index (χ1) is 9.66. The Balaban J connectivity index is 1.93. The zero-order valence-electron chi connectivity index (χ0n) is 13.0. The third-order valence-corrected chi connectivity index (χ3v) is 3.95. The average molecular weight is 277 g/mol. The van der Waals surface area contributed by atoms with Gasteiger partial charge in [0.2, 0.25) is 5.95 Å². The number of likely N-dealkylation sites (N-methyl/N-ethyl adjacent to an activating group) is 1. The van der Waals surface area contributed by atoms with Crippen molar-refractivity contribution in [3.8, 4) is 0 Å². The van der Waals surface area contributed by atoms with Crippen LogP contribution in [0.1, 0.15) is 32.1 Å². The fourth-order valence-electron chi connectivity index (χ4n) is 2.66. The van der Waals surface area contributed by atoms with Gasteiger partial charge in [-0.3, -0.25) is 0 Å². The normalized spacial score (nSPS) is 16.4. The topological polar surface area (TPSA) is 44.3 Å². The molecule has 1 fully saturated rings. The Bertz CT molecular complexity index is 401. The summed E-state index contributed by atoms with van der Waals surface area (Å²) < 4.78 is 0. The number of hydrogen-bond donors (Lipinski definition) is 1. The van der Waals surface area contributed by atoms with Gasteiger partial charge in [-0.05, 0) is 33.0 Å². The number of nitrogens with one attached hydrogen (secondary N) is 1. The van der Waals surface area contributed by atoms with Gasteiger partial charge in [0, 0.05) is 32.4 Å². The second-order valence-corrected chi connectivity index (χ2v) is 5.87. The van der Waals surface area contributed by atoms with Crippen LogP contribution in [-0.2, 0) is 0 Å². The van der Waals surface area contributed by atoms with E-state index in [-0.39, 0.29) is 0 Å². The molecule has 1 aromatic heterocycles.